The first-order chi connectivity index (χ1) is 12.8. The number of benzene rings is 2. The molecule has 0 unspecified atom stereocenters. The largest absolute Gasteiger partial charge is 0.399 e. The molecular formula is C18H20N6O2S. The Morgan fingerprint density at radius 1 is 1.04 bits per heavy atom. The van der Waals surface area contributed by atoms with Crippen LogP contribution in [0.3, 0.4) is 0 Å². The number of hydrogen-bond acceptors (Lipinski definition) is 5. The molecule has 0 amide bonds. The number of nitrogens with zero attached hydrogens (tertiary/aromatic N) is 3. The number of aryl methyl sites for hydroxylation is 1. The minimum absolute atomic E-state index is 0.0572. The van der Waals surface area contributed by atoms with E-state index in [9.17, 15) is 8.42 Å². The van der Waals surface area contributed by atoms with Crippen molar-refractivity contribution in [3.05, 3.63) is 82.8 Å². The van der Waals surface area contributed by atoms with Crippen LogP contribution in [0.4, 0.5) is 11.6 Å². The van der Waals surface area contributed by atoms with E-state index in [0.717, 1.165) is 5.56 Å². The molecule has 0 atom stereocenters. The number of nitrogens with two attached hydrogens (primary N) is 3. The van der Waals surface area contributed by atoms with Gasteiger partial charge in [0.2, 0.25) is 10.0 Å². The first-order valence-electron chi connectivity index (χ1n) is 7.84. The van der Waals surface area contributed by atoms with E-state index in [1.807, 2.05) is 30.3 Å². The summed E-state index contributed by atoms with van der Waals surface area (Å²) in [6, 6.07) is 16.9. The van der Waals surface area contributed by atoms with E-state index in [1.165, 1.54) is 30.5 Å². The molecular weight excluding hydrogens is 364 g/mol. The molecule has 2 aromatic carbocycles. The van der Waals surface area contributed by atoms with Gasteiger partial charge in [0.1, 0.15) is 0 Å². The van der Waals surface area contributed by atoms with Crippen LogP contribution < -0.4 is 16.9 Å². The van der Waals surface area contributed by atoms with Crippen molar-refractivity contribution in [1.29, 1.82) is 0 Å². The topological polar surface area (TPSA) is 152 Å². The molecule has 0 saturated heterocycles. The minimum atomic E-state index is -3.80. The van der Waals surface area contributed by atoms with E-state index in [1.54, 1.807) is 13.0 Å². The molecule has 1 aromatic heterocycles. The molecule has 0 aliphatic heterocycles. The molecule has 8 nitrogen and oxygen atoms in total. The van der Waals surface area contributed by atoms with Crippen molar-refractivity contribution >= 4 is 27.5 Å². The van der Waals surface area contributed by atoms with Gasteiger partial charge in [-0.05, 0) is 55.2 Å². The molecule has 0 spiro atoms. The van der Waals surface area contributed by atoms with Gasteiger partial charge in [-0.1, -0.05) is 24.3 Å². The van der Waals surface area contributed by atoms with Crippen LogP contribution in [0, 0.1) is 6.92 Å². The van der Waals surface area contributed by atoms with Crippen molar-refractivity contribution in [2.45, 2.75) is 11.8 Å². The van der Waals surface area contributed by atoms with Gasteiger partial charge in [-0.15, -0.1) is 0 Å². The molecule has 6 N–H and O–H groups in total. The van der Waals surface area contributed by atoms with E-state index in [2.05, 4.69) is 14.7 Å². The van der Waals surface area contributed by atoms with Crippen LogP contribution in [0.15, 0.2) is 71.8 Å². The van der Waals surface area contributed by atoms with Crippen LogP contribution in [0.1, 0.15) is 11.3 Å². The third kappa shape index (κ3) is 6.08. The van der Waals surface area contributed by atoms with Crippen LogP contribution >= 0.6 is 0 Å². The molecule has 9 heteroatoms. The van der Waals surface area contributed by atoms with Gasteiger partial charge in [-0.2, -0.15) is 0 Å². The SMILES string of the molecule is Cc1ccnc([N-]S(=O)(=O)c2ccc(N)cc2)n1.NC(=[NH2+])c1ccccc1. The highest BCUT2D eigenvalue weighted by molar-refractivity contribution is 7.94. The Hall–Kier alpha value is -3.46. The maximum atomic E-state index is 11.9. The zero-order valence-corrected chi connectivity index (χ0v) is 15.5. The van der Waals surface area contributed by atoms with E-state index >= 15 is 0 Å². The molecule has 0 aliphatic carbocycles. The van der Waals surface area contributed by atoms with Crippen molar-refractivity contribution in [3.8, 4) is 0 Å². The molecule has 3 aromatic rings. The summed E-state index contributed by atoms with van der Waals surface area (Å²) in [6.07, 6.45) is 1.46. The Morgan fingerprint density at radius 2 is 1.67 bits per heavy atom. The average molecular weight is 384 g/mol. The highest BCUT2D eigenvalue weighted by Gasteiger charge is 2.11. The monoisotopic (exact) mass is 384 g/mol. The van der Waals surface area contributed by atoms with Gasteiger partial charge in [0.25, 0.3) is 5.84 Å². The maximum Gasteiger partial charge on any atom is 0.270 e. The second kappa shape index (κ2) is 8.77. The molecule has 0 radical (unpaired) electrons. The highest BCUT2D eigenvalue weighted by atomic mass is 32.2. The number of rotatable bonds is 4. The fraction of sp³-hybridized carbons (Fsp3) is 0.0556. The quantitative estimate of drug-likeness (QED) is 0.345. The highest BCUT2D eigenvalue weighted by Crippen LogP contribution is 2.24. The first kappa shape index (κ1) is 19.9. The number of hydrogen-bond donors (Lipinski definition) is 3. The van der Waals surface area contributed by atoms with Gasteiger partial charge in [-0.3, -0.25) is 15.9 Å². The lowest BCUT2D eigenvalue weighted by molar-refractivity contribution is -0.114. The summed E-state index contributed by atoms with van der Waals surface area (Å²) < 4.78 is 27.4. The predicted molar refractivity (Wildman–Crippen MR) is 104 cm³/mol. The molecule has 0 bridgehead atoms. The lowest BCUT2D eigenvalue weighted by Crippen LogP contribution is -2.46. The van der Waals surface area contributed by atoms with Gasteiger partial charge in [0.15, 0.2) is 0 Å². The fourth-order valence-corrected chi connectivity index (χ4v) is 2.80. The van der Waals surface area contributed by atoms with Crippen molar-refractivity contribution in [2.24, 2.45) is 5.73 Å². The molecule has 0 fully saturated rings. The summed E-state index contributed by atoms with van der Waals surface area (Å²) in [6.45, 7) is 1.73. The van der Waals surface area contributed by atoms with E-state index in [-0.39, 0.29) is 10.8 Å². The van der Waals surface area contributed by atoms with Gasteiger partial charge in [0.05, 0.1) is 10.5 Å². The maximum absolute atomic E-state index is 11.9. The third-order valence-corrected chi connectivity index (χ3v) is 4.54. The van der Waals surface area contributed by atoms with E-state index in [4.69, 9.17) is 16.9 Å². The Morgan fingerprint density at radius 3 is 2.19 bits per heavy atom. The molecule has 1 heterocycles. The van der Waals surface area contributed by atoms with Gasteiger partial charge >= 0.3 is 0 Å². The first-order valence-corrected chi connectivity index (χ1v) is 9.28. The zero-order valence-electron chi connectivity index (χ0n) is 14.6. The van der Waals surface area contributed by atoms with E-state index < -0.39 is 10.0 Å². The number of nitrogen functional groups attached to an aromatic ring is 1. The van der Waals surface area contributed by atoms with Gasteiger partial charge < -0.3 is 15.7 Å². The summed E-state index contributed by atoms with van der Waals surface area (Å²) >= 11 is 0. The lowest BCUT2D eigenvalue weighted by Gasteiger charge is -2.13. The number of aromatic nitrogens is 2. The average Bonchev–Trinajstić information content (AvgIpc) is 2.63. The van der Waals surface area contributed by atoms with Crippen molar-refractivity contribution in [1.82, 2.24) is 9.97 Å². The third-order valence-electron chi connectivity index (χ3n) is 3.27. The van der Waals surface area contributed by atoms with Crippen molar-refractivity contribution < 1.29 is 13.8 Å². The Balaban J connectivity index is 0.000000244. The molecule has 140 valence electrons. The predicted octanol–water partition coefficient (Wildman–Crippen LogP) is 0.912. The molecule has 3 rings (SSSR count). The Kier molecular flexibility index (Phi) is 6.45. The van der Waals surface area contributed by atoms with Crippen molar-refractivity contribution in [2.75, 3.05) is 5.73 Å². The normalized spacial score (nSPS) is 10.4. The summed E-state index contributed by atoms with van der Waals surface area (Å²) in [4.78, 5) is 7.76. The summed E-state index contributed by atoms with van der Waals surface area (Å²) in [5.41, 5.74) is 12.8. The second-order valence-corrected chi connectivity index (χ2v) is 7.06. The molecule has 27 heavy (non-hydrogen) atoms. The smallest absolute Gasteiger partial charge is 0.270 e. The second-order valence-electron chi connectivity index (χ2n) is 5.45. The van der Waals surface area contributed by atoms with Gasteiger partial charge in [-0.25, -0.2) is 8.42 Å². The molecule has 0 aliphatic rings. The van der Waals surface area contributed by atoms with Crippen molar-refractivity contribution in [3.63, 3.8) is 0 Å². The number of anilines is 1. The number of amidine groups is 1. The fourth-order valence-electron chi connectivity index (χ4n) is 1.91. The summed E-state index contributed by atoms with van der Waals surface area (Å²) in [5.74, 6) is 0.294. The Labute approximate surface area is 157 Å². The summed E-state index contributed by atoms with van der Waals surface area (Å²) in [5, 5.41) is 5.31. The van der Waals surface area contributed by atoms with Crippen LogP contribution in [0.2, 0.25) is 0 Å². The Bertz CT molecular complexity index is 1010. The van der Waals surface area contributed by atoms with Crippen LogP contribution in [0.5, 0.6) is 0 Å². The van der Waals surface area contributed by atoms with Crippen LogP contribution in [-0.4, -0.2) is 24.2 Å². The summed E-state index contributed by atoms with van der Waals surface area (Å²) in [7, 11) is -3.80. The van der Waals surface area contributed by atoms with Gasteiger partial charge in [0, 0.05) is 11.6 Å². The minimum Gasteiger partial charge on any atom is -0.399 e. The number of sulfonamides is 1. The van der Waals surface area contributed by atoms with Crippen LogP contribution in [0.25, 0.3) is 4.72 Å². The van der Waals surface area contributed by atoms with E-state index in [0.29, 0.717) is 17.2 Å². The lowest BCUT2D eigenvalue weighted by atomic mass is 10.2. The standard InChI is InChI=1S/C11H11N4O2S.C7H8N2/c1-8-6-7-13-11(14-8)15-18(16,17)10-4-2-9(12)3-5-10;8-7(9)6-4-2-1-3-5-6/h2-7H,12H2,1H3;1-5H,(H3,8,9)/q-1;/p+1. The molecule has 0 saturated carbocycles. The zero-order chi connectivity index (χ0) is 19.9. The van der Waals surface area contributed by atoms with Crippen LogP contribution in [-0.2, 0) is 10.0 Å².